The number of pyridine rings is 1. The molecule has 2 heterocycles. The fourth-order valence-corrected chi connectivity index (χ4v) is 5.06. The zero-order valence-electron chi connectivity index (χ0n) is 18.8. The number of carbonyl (C=O) groups is 1. The Balaban J connectivity index is 1.23. The van der Waals surface area contributed by atoms with Gasteiger partial charge in [0.1, 0.15) is 6.10 Å². The lowest BCUT2D eigenvalue weighted by Crippen LogP contribution is -2.45. The van der Waals surface area contributed by atoms with E-state index in [2.05, 4.69) is 25.5 Å². The number of ether oxygens (including phenoxy) is 1. The summed E-state index contributed by atoms with van der Waals surface area (Å²) in [5.41, 5.74) is 1.12. The number of guanidine groups is 1. The molecule has 1 aromatic rings. The van der Waals surface area contributed by atoms with Crippen molar-refractivity contribution in [3.63, 3.8) is 0 Å². The molecule has 1 aliphatic heterocycles. The second kappa shape index (κ2) is 10.8. The average molecular weight is 428 g/mol. The highest BCUT2D eigenvalue weighted by Gasteiger charge is 2.31. The number of nitrogens with one attached hydrogen (secondary N) is 2. The zero-order valence-corrected chi connectivity index (χ0v) is 18.8. The molecule has 2 saturated carbocycles. The molecule has 31 heavy (non-hydrogen) atoms. The Labute approximate surface area is 186 Å². The third-order valence-electron chi connectivity index (χ3n) is 6.87. The third-order valence-corrected chi connectivity index (χ3v) is 6.87. The molecule has 1 amide bonds. The molecule has 4 rings (SSSR count). The van der Waals surface area contributed by atoms with Gasteiger partial charge in [-0.1, -0.05) is 19.3 Å². The minimum Gasteiger partial charge on any atom is -0.474 e. The van der Waals surface area contributed by atoms with E-state index in [1.807, 2.05) is 18.3 Å². The Morgan fingerprint density at radius 2 is 1.94 bits per heavy atom. The van der Waals surface area contributed by atoms with Crippen molar-refractivity contribution >= 4 is 11.9 Å². The number of hydrogen-bond donors (Lipinski definition) is 2. The number of nitrogens with zero attached hydrogens (tertiary/aromatic N) is 3. The summed E-state index contributed by atoms with van der Waals surface area (Å²) in [7, 11) is 1.79. The summed E-state index contributed by atoms with van der Waals surface area (Å²) in [5.74, 6) is 2.09. The number of carbonyl (C=O) groups excluding carboxylic acids is 1. The molecule has 1 atom stereocenters. The van der Waals surface area contributed by atoms with Gasteiger partial charge in [0, 0.05) is 50.9 Å². The van der Waals surface area contributed by atoms with Gasteiger partial charge < -0.3 is 20.3 Å². The van der Waals surface area contributed by atoms with Crippen molar-refractivity contribution in [3.8, 4) is 5.88 Å². The first kappa shape index (κ1) is 21.9. The molecule has 7 nitrogen and oxygen atoms in total. The lowest BCUT2D eigenvalue weighted by molar-refractivity contribution is -0.135. The fourth-order valence-electron chi connectivity index (χ4n) is 5.06. The molecule has 3 fully saturated rings. The molecular weight excluding hydrogens is 390 g/mol. The number of aromatic nitrogens is 1. The molecule has 0 spiro atoms. The minimum atomic E-state index is 0.247. The quantitative estimate of drug-likeness (QED) is 0.538. The van der Waals surface area contributed by atoms with Crippen molar-refractivity contribution in [1.82, 2.24) is 20.5 Å². The van der Waals surface area contributed by atoms with Crippen molar-refractivity contribution in [2.24, 2.45) is 10.9 Å². The topological polar surface area (TPSA) is 78.9 Å². The van der Waals surface area contributed by atoms with Gasteiger partial charge in [0.2, 0.25) is 11.8 Å². The summed E-state index contributed by atoms with van der Waals surface area (Å²) in [6.07, 6.45) is 13.6. The van der Waals surface area contributed by atoms with Gasteiger partial charge in [-0.3, -0.25) is 9.79 Å². The number of likely N-dealkylation sites (tertiary alicyclic amines) is 1. The predicted octanol–water partition coefficient (Wildman–Crippen LogP) is 3.25. The molecule has 1 unspecified atom stereocenters. The van der Waals surface area contributed by atoms with Crippen LogP contribution in [0, 0.1) is 5.92 Å². The Hall–Kier alpha value is -2.31. The molecule has 7 heteroatoms. The standard InChI is InChI=1S/C24H37N5O2/c1-25-24(27-16-18-11-13-26-22(15-18)31-21-9-5-6-10-21)28-20-12-14-29(17-20)23(30)19-7-3-2-4-8-19/h11,13,15,19-21H,2-10,12,14,16-17H2,1H3,(H2,25,27,28). The van der Waals surface area contributed by atoms with E-state index >= 15 is 0 Å². The molecular formula is C24H37N5O2. The highest BCUT2D eigenvalue weighted by atomic mass is 16.5. The largest absolute Gasteiger partial charge is 0.474 e. The summed E-state index contributed by atoms with van der Waals surface area (Å²) >= 11 is 0. The van der Waals surface area contributed by atoms with Crippen LogP contribution in [-0.4, -0.2) is 54.0 Å². The van der Waals surface area contributed by atoms with Crippen molar-refractivity contribution in [2.45, 2.75) is 82.9 Å². The normalized spacial score (nSPS) is 23.2. The summed E-state index contributed by atoms with van der Waals surface area (Å²) in [4.78, 5) is 23.6. The van der Waals surface area contributed by atoms with Crippen LogP contribution in [-0.2, 0) is 11.3 Å². The van der Waals surface area contributed by atoms with E-state index in [1.165, 1.54) is 32.1 Å². The van der Waals surface area contributed by atoms with Gasteiger partial charge in [-0.05, 0) is 56.6 Å². The van der Waals surface area contributed by atoms with Crippen LogP contribution in [0.2, 0.25) is 0 Å². The summed E-state index contributed by atoms with van der Waals surface area (Å²) in [6, 6.07) is 4.26. The van der Waals surface area contributed by atoms with Gasteiger partial charge in [0.15, 0.2) is 5.96 Å². The van der Waals surface area contributed by atoms with E-state index in [1.54, 1.807) is 7.05 Å². The summed E-state index contributed by atoms with van der Waals surface area (Å²) < 4.78 is 6.02. The molecule has 2 N–H and O–H groups in total. The van der Waals surface area contributed by atoms with Gasteiger partial charge in [-0.2, -0.15) is 0 Å². The Morgan fingerprint density at radius 1 is 1.16 bits per heavy atom. The van der Waals surface area contributed by atoms with Crippen LogP contribution in [0.1, 0.15) is 69.8 Å². The third kappa shape index (κ3) is 6.11. The Bertz CT molecular complexity index is 756. The maximum Gasteiger partial charge on any atom is 0.225 e. The first-order valence-electron chi connectivity index (χ1n) is 12.1. The number of rotatable bonds is 6. The number of amides is 1. The van der Waals surface area contributed by atoms with Crippen LogP contribution in [0.4, 0.5) is 0 Å². The molecule has 0 radical (unpaired) electrons. The van der Waals surface area contributed by atoms with Crippen molar-refractivity contribution in [1.29, 1.82) is 0 Å². The minimum absolute atomic E-state index is 0.247. The van der Waals surface area contributed by atoms with Gasteiger partial charge in [0.25, 0.3) is 0 Å². The van der Waals surface area contributed by atoms with Crippen LogP contribution in [0.25, 0.3) is 0 Å². The van der Waals surface area contributed by atoms with Crippen molar-refractivity contribution in [2.75, 3.05) is 20.1 Å². The zero-order chi connectivity index (χ0) is 21.5. The summed E-state index contributed by atoms with van der Waals surface area (Å²) in [5, 5.41) is 6.89. The molecule has 170 valence electrons. The SMILES string of the molecule is CN=C(NCc1ccnc(OC2CCCC2)c1)NC1CCN(C(=O)C2CCCCC2)C1. The molecule has 1 aromatic heterocycles. The molecule has 0 aromatic carbocycles. The second-order valence-electron chi connectivity index (χ2n) is 9.20. The van der Waals surface area contributed by atoms with E-state index < -0.39 is 0 Å². The van der Waals surface area contributed by atoms with E-state index in [0.29, 0.717) is 24.4 Å². The van der Waals surface area contributed by atoms with Crippen LogP contribution >= 0.6 is 0 Å². The smallest absolute Gasteiger partial charge is 0.225 e. The first-order valence-corrected chi connectivity index (χ1v) is 12.1. The van der Waals surface area contributed by atoms with Gasteiger partial charge in [0.05, 0.1) is 0 Å². The molecule has 0 bridgehead atoms. The lowest BCUT2D eigenvalue weighted by Gasteiger charge is -2.26. The fraction of sp³-hybridized carbons (Fsp3) is 0.708. The highest BCUT2D eigenvalue weighted by molar-refractivity contribution is 5.81. The van der Waals surface area contributed by atoms with Gasteiger partial charge >= 0.3 is 0 Å². The monoisotopic (exact) mass is 427 g/mol. The Morgan fingerprint density at radius 3 is 2.71 bits per heavy atom. The number of aliphatic imine (C=N–C) groups is 1. The van der Waals surface area contributed by atoms with E-state index in [-0.39, 0.29) is 12.0 Å². The molecule has 1 saturated heterocycles. The van der Waals surface area contributed by atoms with Gasteiger partial charge in [-0.25, -0.2) is 4.98 Å². The van der Waals surface area contributed by atoms with Gasteiger partial charge in [-0.15, -0.1) is 0 Å². The maximum atomic E-state index is 12.8. The van der Waals surface area contributed by atoms with E-state index in [0.717, 1.165) is 56.7 Å². The van der Waals surface area contributed by atoms with E-state index in [4.69, 9.17) is 4.74 Å². The lowest BCUT2D eigenvalue weighted by atomic mass is 9.88. The second-order valence-corrected chi connectivity index (χ2v) is 9.20. The number of hydrogen-bond acceptors (Lipinski definition) is 4. The molecule has 2 aliphatic carbocycles. The van der Waals surface area contributed by atoms with Crippen LogP contribution < -0.4 is 15.4 Å². The average Bonchev–Trinajstić information content (AvgIpc) is 3.49. The molecule has 3 aliphatic rings. The van der Waals surface area contributed by atoms with Crippen molar-refractivity contribution < 1.29 is 9.53 Å². The van der Waals surface area contributed by atoms with E-state index in [9.17, 15) is 4.79 Å². The maximum absolute atomic E-state index is 12.8. The summed E-state index contributed by atoms with van der Waals surface area (Å²) in [6.45, 7) is 2.27. The van der Waals surface area contributed by atoms with Crippen LogP contribution in [0.15, 0.2) is 23.3 Å². The van der Waals surface area contributed by atoms with Crippen LogP contribution in [0.3, 0.4) is 0 Å². The van der Waals surface area contributed by atoms with Crippen molar-refractivity contribution in [3.05, 3.63) is 23.9 Å². The first-order chi connectivity index (χ1) is 15.2. The predicted molar refractivity (Wildman–Crippen MR) is 122 cm³/mol. The Kier molecular flexibility index (Phi) is 7.65. The van der Waals surface area contributed by atoms with Crippen LogP contribution in [0.5, 0.6) is 5.88 Å². The highest BCUT2D eigenvalue weighted by Crippen LogP contribution is 2.27.